The molecule has 5 nitrogen and oxygen atoms in total. The molecule has 1 aliphatic heterocycles. The number of thiophene rings is 1. The maximum atomic E-state index is 12.2. The minimum Gasteiger partial charge on any atom is -0.478 e. The summed E-state index contributed by atoms with van der Waals surface area (Å²) in [6, 6.07) is 12.3. The summed E-state index contributed by atoms with van der Waals surface area (Å²) < 4.78 is 7.06. The number of hydrogen-bond acceptors (Lipinski definition) is 5. The molecule has 1 atom stereocenters. The maximum absolute atomic E-state index is 12.2. The van der Waals surface area contributed by atoms with E-state index in [0.717, 1.165) is 38.3 Å². The number of nitrogens with zero attached hydrogens (tertiary/aromatic N) is 1. The fourth-order valence-corrected chi connectivity index (χ4v) is 6.02. The van der Waals surface area contributed by atoms with Gasteiger partial charge >= 0.3 is 5.97 Å². The Bertz CT molecular complexity index is 1160. The third-order valence-corrected chi connectivity index (χ3v) is 7.87. The minimum absolute atomic E-state index is 0.0680. The number of aromatic carboxylic acids is 1. The topological polar surface area (TPSA) is 61.8 Å². The van der Waals surface area contributed by atoms with E-state index in [1.165, 1.54) is 19.3 Å². The quantitative estimate of drug-likeness (QED) is 0.492. The lowest BCUT2D eigenvalue weighted by atomic mass is 9.93. The smallest absolute Gasteiger partial charge is 0.337 e. The summed E-state index contributed by atoms with van der Waals surface area (Å²) >= 11 is 7.85. The van der Waals surface area contributed by atoms with Gasteiger partial charge in [0.1, 0.15) is 0 Å². The van der Waals surface area contributed by atoms with Crippen molar-refractivity contribution in [3.05, 3.63) is 51.9 Å². The first-order valence-electron chi connectivity index (χ1n) is 11.2. The lowest BCUT2D eigenvalue weighted by Gasteiger charge is -2.37. The average Bonchev–Trinajstić information content (AvgIpc) is 3.07. The number of benzene rings is 2. The number of rotatable bonds is 6. The van der Waals surface area contributed by atoms with Crippen molar-refractivity contribution in [1.82, 2.24) is 5.32 Å². The minimum atomic E-state index is -0.905. The van der Waals surface area contributed by atoms with Crippen molar-refractivity contribution in [2.45, 2.75) is 38.3 Å². The molecule has 5 rings (SSSR count). The summed E-state index contributed by atoms with van der Waals surface area (Å²) in [6.45, 7) is 4.87. The van der Waals surface area contributed by atoms with Gasteiger partial charge in [-0.15, -0.1) is 11.3 Å². The van der Waals surface area contributed by atoms with Crippen molar-refractivity contribution < 1.29 is 14.6 Å². The molecule has 2 aromatic carbocycles. The third-order valence-electron chi connectivity index (χ3n) is 6.56. The lowest BCUT2D eigenvalue weighted by Crippen LogP contribution is -2.49. The molecule has 2 heterocycles. The number of halogens is 1. The van der Waals surface area contributed by atoms with E-state index in [4.69, 9.17) is 16.3 Å². The van der Waals surface area contributed by atoms with Crippen LogP contribution in [-0.4, -0.2) is 49.5 Å². The molecule has 0 amide bonds. The van der Waals surface area contributed by atoms with Gasteiger partial charge in [-0.05, 0) is 49.6 Å². The van der Waals surface area contributed by atoms with Gasteiger partial charge in [0.25, 0.3) is 0 Å². The van der Waals surface area contributed by atoms with Crippen molar-refractivity contribution in [3.8, 4) is 11.1 Å². The number of aryl methyl sites for hydroxylation is 1. The van der Waals surface area contributed by atoms with Crippen molar-refractivity contribution >= 4 is 44.7 Å². The summed E-state index contributed by atoms with van der Waals surface area (Å²) in [7, 11) is 0. The van der Waals surface area contributed by atoms with E-state index in [0.29, 0.717) is 36.3 Å². The summed E-state index contributed by atoms with van der Waals surface area (Å²) in [4.78, 5) is 15.5. The number of anilines is 1. The molecule has 0 unspecified atom stereocenters. The van der Waals surface area contributed by atoms with E-state index in [1.54, 1.807) is 11.3 Å². The van der Waals surface area contributed by atoms with E-state index < -0.39 is 5.97 Å². The summed E-state index contributed by atoms with van der Waals surface area (Å²) in [5.41, 5.74) is 3.11. The Kier molecular flexibility index (Phi) is 6.12. The Morgan fingerprint density at radius 1 is 1.28 bits per heavy atom. The van der Waals surface area contributed by atoms with Gasteiger partial charge in [0.05, 0.1) is 24.0 Å². The highest BCUT2D eigenvalue weighted by atomic mass is 35.5. The molecule has 3 aromatic rings. The first-order valence-corrected chi connectivity index (χ1v) is 12.4. The second-order valence-corrected chi connectivity index (χ2v) is 10.4. The van der Waals surface area contributed by atoms with Crippen molar-refractivity contribution in [2.75, 3.05) is 31.1 Å². The van der Waals surface area contributed by atoms with E-state index in [-0.39, 0.29) is 6.10 Å². The van der Waals surface area contributed by atoms with Gasteiger partial charge in [-0.1, -0.05) is 30.2 Å². The fraction of sp³-hybridized carbons (Fsp3) is 0.400. The van der Waals surface area contributed by atoms with Crippen LogP contribution in [0.5, 0.6) is 0 Å². The fourth-order valence-electron chi connectivity index (χ4n) is 4.66. The molecule has 0 bridgehead atoms. The van der Waals surface area contributed by atoms with Gasteiger partial charge in [-0.25, -0.2) is 4.79 Å². The number of morpholine rings is 1. The van der Waals surface area contributed by atoms with Crippen LogP contribution in [0.15, 0.2) is 36.4 Å². The molecular formula is C25H27ClN2O3S. The predicted octanol–water partition coefficient (Wildman–Crippen LogP) is 5.58. The van der Waals surface area contributed by atoms with Crippen LogP contribution >= 0.6 is 22.9 Å². The molecule has 32 heavy (non-hydrogen) atoms. The standard InChI is InChI=1S/C25H27ClN2O3S/c1-15-24(20-7-6-17(26)12-23(20)32-15)16-5-8-22(21(11-16)25(29)30)28-9-10-31-19(14-28)13-27-18-3-2-4-18/h5-8,11-12,18-19,27H,2-4,9-10,13-14H2,1H3,(H,29,30)/t19-/m0/s1. The van der Waals surface area contributed by atoms with Crippen LogP contribution in [0.25, 0.3) is 21.2 Å². The molecule has 2 fully saturated rings. The average molecular weight is 471 g/mol. The summed E-state index contributed by atoms with van der Waals surface area (Å²) in [5, 5.41) is 15.4. The van der Waals surface area contributed by atoms with Crippen molar-refractivity contribution in [3.63, 3.8) is 0 Å². The van der Waals surface area contributed by atoms with Crippen LogP contribution in [0.4, 0.5) is 5.69 Å². The number of carbonyl (C=O) groups is 1. The Morgan fingerprint density at radius 3 is 2.88 bits per heavy atom. The largest absolute Gasteiger partial charge is 0.478 e. The van der Waals surface area contributed by atoms with Crippen LogP contribution in [0.1, 0.15) is 34.5 Å². The SMILES string of the molecule is Cc1sc2cc(Cl)ccc2c1-c1ccc(N2CCO[C@@H](CNC3CCC3)C2)c(C(=O)O)c1. The molecule has 2 N–H and O–H groups in total. The molecule has 0 spiro atoms. The highest BCUT2D eigenvalue weighted by Gasteiger charge is 2.26. The Hall–Kier alpha value is -2.12. The summed E-state index contributed by atoms with van der Waals surface area (Å²) in [5.74, 6) is -0.905. The zero-order chi connectivity index (χ0) is 22.2. The molecule has 168 valence electrons. The molecule has 7 heteroatoms. The van der Waals surface area contributed by atoms with Gasteiger partial charge in [-0.2, -0.15) is 0 Å². The van der Waals surface area contributed by atoms with Crippen LogP contribution in [0.3, 0.4) is 0 Å². The number of carboxylic acid groups (broad SMARTS) is 1. The monoisotopic (exact) mass is 470 g/mol. The number of hydrogen-bond donors (Lipinski definition) is 2. The van der Waals surface area contributed by atoms with E-state index in [9.17, 15) is 9.90 Å². The second kappa shape index (κ2) is 9.02. The predicted molar refractivity (Wildman–Crippen MR) is 132 cm³/mol. The molecule has 1 aromatic heterocycles. The third kappa shape index (κ3) is 4.25. The van der Waals surface area contributed by atoms with E-state index in [2.05, 4.69) is 17.1 Å². The Morgan fingerprint density at radius 2 is 2.12 bits per heavy atom. The zero-order valence-electron chi connectivity index (χ0n) is 18.1. The number of nitrogens with one attached hydrogen (secondary N) is 1. The zero-order valence-corrected chi connectivity index (χ0v) is 19.6. The molecule has 2 aliphatic rings. The van der Waals surface area contributed by atoms with Gasteiger partial charge < -0.3 is 20.1 Å². The van der Waals surface area contributed by atoms with Gasteiger partial charge in [0.15, 0.2) is 0 Å². The van der Waals surface area contributed by atoms with E-state index >= 15 is 0 Å². The van der Waals surface area contributed by atoms with Gasteiger partial charge in [-0.3, -0.25) is 0 Å². The highest BCUT2D eigenvalue weighted by Crippen LogP contribution is 2.40. The highest BCUT2D eigenvalue weighted by molar-refractivity contribution is 7.19. The normalized spacial score (nSPS) is 19.3. The van der Waals surface area contributed by atoms with Gasteiger partial charge in [0, 0.05) is 51.2 Å². The number of ether oxygens (including phenoxy) is 1. The number of fused-ring (bicyclic) bond motifs is 1. The Labute approximate surface area is 196 Å². The molecule has 1 aliphatic carbocycles. The lowest BCUT2D eigenvalue weighted by molar-refractivity contribution is 0.0370. The number of carboxylic acids is 1. The van der Waals surface area contributed by atoms with Crippen molar-refractivity contribution in [1.29, 1.82) is 0 Å². The Balaban J connectivity index is 1.43. The maximum Gasteiger partial charge on any atom is 0.337 e. The van der Waals surface area contributed by atoms with Crippen LogP contribution in [0.2, 0.25) is 5.02 Å². The van der Waals surface area contributed by atoms with Gasteiger partial charge in [0.2, 0.25) is 0 Å². The van der Waals surface area contributed by atoms with Crippen LogP contribution in [-0.2, 0) is 4.74 Å². The second-order valence-electron chi connectivity index (χ2n) is 8.69. The molecule has 1 saturated heterocycles. The first-order chi connectivity index (χ1) is 15.5. The first kappa shape index (κ1) is 21.7. The van der Waals surface area contributed by atoms with Crippen LogP contribution in [0, 0.1) is 6.92 Å². The molecule has 1 saturated carbocycles. The van der Waals surface area contributed by atoms with E-state index in [1.807, 2.05) is 36.4 Å². The molecular weight excluding hydrogens is 444 g/mol. The van der Waals surface area contributed by atoms with Crippen molar-refractivity contribution in [2.24, 2.45) is 0 Å². The molecule has 0 radical (unpaired) electrons. The summed E-state index contributed by atoms with van der Waals surface area (Å²) in [6.07, 6.45) is 3.85. The van der Waals surface area contributed by atoms with Crippen LogP contribution < -0.4 is 10.2 Å².